The highest BCUT2D eigenvalue weighted by Crippen LogP contribution is 2.21. The number of hydrogen-bond donors (Lipinski definition) is 0. The second-order valence-corrected chi connectivity index (χ2v) is 7.49. The Morgan fingerprint density at radius 3 is 2.47 bits per heavy atom. The molecule has 1 atom stereocenters. The molecule has 5 heteroatoms. The zero-order valence-electron chi connectivity index (χ0n) is 16.8. The van der Waals surface area contributed by atoms with E-state index in [-0.39, 0.29) is 17.8 Å². The molecule has 0 radical (unpaired) electrons. The molecule has 0 spiro atoms. The van der Waals surface area contributed by atoms with E-state index in [1.165, 1.54) is 6.07 Å². The fourth-order valence-corrected chi connectivity index (χ4v) is 3.53. The molecule has 0 aromatic heterocycles. The van der Waals surface area contributed by atoms with Crippen molar-refractivity contribution in [1.29, 1.82) is 0 Å². The molecule has 1 unspecified atom stereocenters. The van der Waals surface area contributed by atoms with E-state index < -0.39 is 0 Å². The highest BCUT2D eigenvalue weighted by atomic mass is 19.1. The van der Waals surface area contributed by atoms with Crippen LogP contribution in [-0.2, 0) is 11.4 Å². The van der Waals surface area contributed by atoms with Crippen molar-refractivity contribution in [1.82, 2.24) is 4.90 Å². The van der Waals surface area contributed by atoms with E-state index in [1.54, 1.807) is 23.1 Å². The minimum absolute atomic E-state index is 0.0678. The topological polar surface area (TPSA) is 41.9 Å². The van der Waals surface area contributed by atoms with Gasteiger partial charge in [-0.15, -0.1) is 0 Å². The lowest BCUT2D eigenvalue weighted by molar-refractivity contribution is 0.0405. The number of carbonyl (C=O) groups is 1. The van der Waals surface area contributed by atoms with Crippen molar-refractivity contribution in [3.8, 4) is 0 Å². The Labute approximate surface area is 175 Å². The summed E-state index contributed by atoms with van der Waals surface area (Å²) in [6, 6.07) is 23.9. The van der Waals surface area contributed by atoms with Gasteiger partial charge in [0.05, 0.1) is 12.3 Å². The van der Waals surface area contributed by atoms with Crippen LogP contribution in [0.5, 0.6) is 0 Å². The van der Waals surface area contributed by atoms with Gasteiger partial charge in [-0.1, -0.05) is 71.4 Å². The largest absolute Gasteiger partial charge is 0.390 e. The summed E-state index contributed by atoms with van der Waals surface area (Å²) in [5, 5.41) is 4.09. The highest BCUT2D eigenvalue weighted by molar-refractivity contribution is 6.01. The normalized spacial score (nSPS) is 15.4. The Balaban J connectivity index is 1.51. The molecule has 4 rings (SSSR count). The summed E-state index contributed by atoms with van der Waals surface area (Å²) in [5.41, 5.74) is 3.78. The maximum atomic E-state index is 14.1. The monoisotopic (exact) mass is 402 g/mol. The number of amides is 1. The summed E-state index contributed by atoms with van der Waals surface area (Å²) < 4.78 is 14.1. The standard InChI is InChI=1S/C25H23FN2O2/c1-18-11-13-20(14-12-18)25(29)28(16-19-7-3-2-4-8-19)17-21-15-24(27-30-21)22-9-5-6-10-23(22)26/h2-14,21H,15-17H2,1H3. The van der Waals surface area contributed by atoms with Gasteiger partial charge >= 0.3 is 0 Å². The van der Waals surface area contributed by atoms with E-state index in [0.29, 0.717) is 36.3 Å². The van der Waals surface area contributed by atoms with Crippen LogP contribution in [0.4, 0.5) is 4.39 Å². The number of oxime groups is 1. The first kappa shape index (κ1) is 19.8. The van der Waals surface area contributed by atoms with E-state index in [2.05, 4.69) is 5.16 Å². The second kappa shape index (κ2) is 8.91. The summed E-state index contributed by atoms with van der Waals surface area (Å²) in [5.74, 6) is -0.390. The first-order valence-corrected chi connectivity index (χ1v) is 9.97. The number of aryl methyl sites for hydroxylation is 1. The third-order valence-corrected chi connectivity index (χ3v) is 5.14. The molecule has 1 aliphatic heterocycles. The van der Waals surface area contributed by atoms with Crippen LogP contribution in [0.2, 0.25) is 0 Å². The average Bonchev–Trinajstić information content (AvgIpc) is 3.23. The van der Waals surface area contributed by atoms with Gasteiger partial charge in [0.15, 0.2) is 6.10 Å². The Bertz CT molecular complexity index is 1050. The zero-order chi connectivity index (χ0) is 20.9. The molecule has 3 aromatic carbocycles. The molecule has 1 amide bonds. The summed E-state index contributed by atoms with van der Waals surface area (Å²) in [6.07, 6.45) is 0.130. The van der Waals surface area contributed by atoms with Gasteiger partial charge in [-0.2, -0.15) is 0 Å². The van der Waals surface area contributed by atoms with Crippen molar-refractivity contribution in [3.63, 3.8) is 0 Å². The molecule has 3 aromatic rings. The summed E-state index contributed by atoms with van der Waals surface area (Å²) >= 11 is 0. The average molecular weight is 402 g/mol. The van der Waals surface area contributed by atoms with Crippen molar-refractivity contribution in [3.05, 3.63) is 107 Å². The first-order valence-electron chi connectivity index (χ1n) is 9.97. The van der Waals surface area contributed by atoms with Gasteiger partial charge in [-0.3, -0.25) is 4.79 Å². The van der Waals surface area contributed by atoms with Gasteiger partial charge in [-0.05, 0) is 30.7 Å². The van der Waals surface area contributed by atoms with Crippen LogP contribution in [0, 0.1) is 12.7 Å². The number of nitrogens with zero attached hydrogens (tertiary/aromatic N) is 2. The fourth-order valence-electron chi connectivity index (χ4n) is 3.53. The molecule has 152 valence electrons. The van der Waals surface area contributed by atoms with Crippen LogP contribution in [0.3, 0.4) is 0 Å². The predicted molar refractivity (Wildman–Crippen MR) is 115 cm³/mol. The Morgan fingerprint density at radius 2 is 1.73 bits per heavy atom. The van der Waals surface area contributed by atoms with E-state index in [9.17, 15) is 9.18 Å². The molecule has 0 fully saturated rings. The van der Waals surface area contributed by atoms with E-state index in [0.717, 1.165) is 11.1 Å². The number of carbonyl (C=O) groups excluding carboxylic acids is 1. The molecule has 4 nitrogen and oxygen atoms in total. The lowest BCUT2D eigenvalue weighted by Gasteiger charge is -2.25. The number of rotatable bonds is 6. The SMILES string of the molecule is Cc1ccc(C(=O)N(Cc2ccccc2)CC2CC(c3ccccc3F)=NO2)cc1. The van der Waals surface area contributed by atoms with Crippen molar-refractivity contribution < 1.29 is 14.0 Å². The molecule has 0 bridgehead atoms. The van der Waals surface area contributed by atoms with Gasteiger partial charge in [0.2, 0.25) is 0 Å². The summed E-state index contributed by atoms with van der Waals surface area (Å²) in [7, 11) is 0. The molecule has 1 heterocycles. The molecule has 30 heavy (non-hydrogen) atoms. The van der Waals surface area contributed by atoms with Crippen molar-refractivity contribution in [2.75, 3.05) is 6.54 Å². The zero-order valence-corrected chi connectivity index (χ0v) is 16.8. The van der Waals surface area contributed by atoms with E-state index in [1.807, 2.05) is 61.5 Å². The van der Waals surface area contributed by atoms with Crippen LogP contribution >= 0.6 is 0 Å². The third-order valence-electron chi connectivity index (χ3n) is 5.14. The van der Waals surface area contributed by atoms with Gasteiger partial charge in [0.25, 0.3) is 5.91 Å². The molecular weight excluding hydrogens is 379 g/mol. The number of halogens is 1. The number of benzene rings is 3. The molecule has 1 aliphatic rings. The van der Waals surface area contributed by atoms with E-state index >= 15 is 0 Å². The highest BCUT2D eigenvalue weighted by Gasteiger charge is 2.28. The van der Waals surface area contributed by atoms with Crippen molar-refractivity contribution in [2.24, 2.45) is 5.16 Å². The number of hydrogen-bond acceptors (Lipinski definition) is 3. The van der Waals surface area contributed by atoms with Crippen LogP contribution in [-0.4, -0.2) is 29.2 Å². The van der Waals surface area contributed by atoms with Crippen molar-refractivity contribution in [2.45, 2.75) is 26.0 Å². The molecule has 0 saturated heterocycles. The second-order valence-electron chi connectivity index (χ2n) is 7.49. The van der Waals surface area contributed by atoms with Gasteiger partial charge in [0, 0.05) is 24.1 Å². The Morgan fingerprint density at radius 1 is 1.03 bits per heavy atom. The third kappa shape index (κ3) is 4.57. The van der Waals surface area contributed by atoms with Crippen LogP contribution < -0.4 is 0 Å². The molecular formula is C25H23FN2O2. The fraction of sp³-hybridized carbons (Fsp3) is 0.200. The maximum Gasteiger partial charge on any atom is 0.254 e. The van der Waals surface area contributed by atoms with Gasteiger partial charge < -0.3 is 9.74 Å². The minimum Gasteiger partial charge on any atom is -0.390 e. The lowest BCUT2D eigenvalue weighted by Crippen LogP contribution is -2.37. The molecule has 0 N–H and O–H groups in total. The Hall–Kier alpha value is -3.47. The smallest absolute Gasteiger partial charge is 0.254 e. The Kier molecular flexibility index (Phi) is 5.89. The van der Waals surface area contributed by atoms with Crippen LogP contribution in [0.25, 0.3) is 0 Å². The van der Waals surface area contributed by atoms with Crippen LogP contribution in [0.15, 0.2) is 84.0 Å². The van der Waals surface area contributed by atoms with E-state index in [4.69, 9.17) is 4.84 Å². The molecule has 0 saturated carbocycles. The quantitative estimate of drug-likeness (QED) is 0.584. The minimum atomic E-state index is -0.322. The van der Waals surface area contributed by atoms with Gasteiger partial charge in [-0.25, -0.2) is 4.39 Å². The lowest BCUT2D eigenvalue weighted by atomic mass is 10.0. The summed E-state index contributed by atoms with van der Waals surface area (Å²) in [6.45, 7) is 2.81. The maximum absolute atomic E-state index is 14.1. The van der Waals surface area contributed by atoms with Gasteiger partial charge in [0.1, 0.15) is 5.82 Å². The first-order chi connectivity index (χ1) is 14.6. The summed E-state index contributed by atoms with van der Waals surface area (Å²) in [4.78, 5) is 20.6. The predicted octanol–water partition coefficient (Wildman–Crippen LogP) is 4.97. The van der Waals surface area contributed by atoms with Crippen molar-refractivity contribution >= 4 is 11.6 Å². The van der Waals surface area contributed by atoms with Crippen LogP contribution in [0.1, 0.15) is 33.5 Å². The molecule has 0 aliphatic carbocycles.